The van der Waals surface area contributed by atoms with Gasteiger partial charge >= 0.3 is 0 Å². The van der Waals surface area contributed by atoms with Crippen LogP contribution in [0, 0.1) is 0 Å². The van der Waals surface area contributed by atoms with E-state index in [2.05, 4.69) is 25.6 Å². The molecule has 1 amide bonds. The molecule has 0 saturated heterocycles. The standard InChI is InChI=1S/C22H26N6O3/c1-31-17-10-7-15(8-11-17)9-12-19-23-22(26-25-19)24-20(29)14-28-21(30)13-16-5-3-2-4-6-18(16)27-28/h7-8,10-11,13H,2-6,9,12,14H2,1H3,(H2,23,24,25,26,29). The van der Waals surface area contributed by atoms with E-state index in [4.69, 9.17) is 4.74 Å². The van der Waals surface area contributed by atoms with E-state index in [0.29, 0.717) is 12.2 Å². The molecule has 162 valence electrons. The molecule has 0 atom stereocenters. The smallest absolute Gasteiger partial charge is 0.267 e. The van der Waals surface area contributed by atoms with Crippen molar-refractivity contribution in [1.29, 1.82) is 0 Å². The van der Waals surface area contributed by atoms with Gasteiger partial charge < -0.3 is 4.74 Å². The summed E-state index contributed by atoms with van der Waals surface area (Å²) in [5.74, 6) is 1.30. The number of H-pyrrole nitrogens is 1. The van der Waals surface area contributed by atoms with Gasteiger partial charge in [-0.05, 0) is 55.4 Å². The number of fused-ring (bicyclic) bond motifs is 1. The van der Waals surface area contributed by atoms with Gasteiger partial charge in [-0.2, -0.15) is 10.1 Å². The van der Waals surface area contributed by atoms with Crippen LogP contribution in [0.15, 0.2) is 35.1 Å². The number of hydrogen-bond donors (Lipinski definition) is 2. The van der Waals surface area contributed by atoms with Crippen LogP contribution in [-0.4, -0.2) is 38.0 Å². The molecule has 1 aliphatic rings. The molecule has 0 fully saturated rings. The molecule has 0 aliphatic heterocycles. The predicted octanol–water partition coefficient (Wildman–Crippen LogP) is 2.06. The van der Waals surface area contributed by atoms with Crippen LogP contribution in [0.2, 0.25) is 0 Å². The molecule has 2 aromatic heterocycles. The number of aromatic amines is 1. The SMILES string of the molecule is COc1ccc(CCc2nc(NC(=O)Cn3nc4c(cc3=O)CCCCC4)n[nH]2)cc1. The molecule has 2 N–H and O–H groups in total. The number of aromatic nitrogens is 5. The van der Waals surface area contributed by atoms with E-state index in [9.17, 15) is 9.59 Å². The fourth-order valence-electron chi connectivity index (χ4n) is 3.71. The summed E-state index contributed by atoms with van der Waals surface area (Å²) in [7, 11) is 1.64. The second-order valence-electron chi connectivity index (χ2n) is 7.67. The van der Waals surface area contributed by atoms with Crippen LogP contribution in [0.4, 0.5) is 5.95 Å². The Balaban J connectivity index is 1.33. The Morgan fingerprint density at radius 2 is 1.97 bits per heavy atom. The molecule has 0 unspecified atom stereocenters. The van der Waals surface area contributed by atoms with Crippen molar-refractivity contribution in [3.8, 4) is 5.75 Å². The predicted molar refractivity (Wildman–Crippen MR) is 115 cm³/mol. The number of anilines is 1. The van der Waals surface area contributed by atoms with Crippen molar-refractivity contribution in [1.82, 2.24) is 25.0 Å². The van der Waals surface area contributed by atoms with Gasteiger partial charge in [0.05, 0.1) is 12.8 Å². The number of rotatable bonds is 7. The zero-order valence-electron chi connectivity index (χ0n) is 17.6. The largest absolute Gasteiger partial charge is 0.497 e. The van der Waals surface area contributed by atoms with Crippen LogP contribution in [0.1, 0.15) is 41.9 Å². The molecule has 1 aromatic carbocycles. The molecule has 4 rings (SSSR count). The molecule has 9 heteroatoms. The number of carbonyl (C=O) groups excluding carboxylic acids is 1. The Bertz CT molecular complexity index is 1100. The second kappa shape index (κ2) is 9.55. The van der Waals surface area contributed by atoms with E-state index >= 15 is 0 Å². The van der Waals surface area contributed by atoms with Gasteiger partial charge in [0.2, 0.25) is 11.9 Å². The molecule has 3 aromatic rings. The van der Waals surface area contributed by atoms with Gasteiger partial charge in [0, 0.05) is 12.5 Å². The highest BCUT2D eigenvalue weighted by Gasteiger charge is 2.15. The summed E-state index contributed by atoms with van der Waals surface area (Å²) in [6, 6.07) is 9.46. The van der Waals surface area contributed by atoms with E-state index in [1.165, 1.54) is 4.68 Å². The minimum Gasteiger partial charge on any atom is -0.497 e. The van der Waals surface area contributed by atoms with E-state index in [-0.39, 0.29) is 24.0 Å². The summed E-state index contributed by atoms with van der Waals surface area (Å²) in [5.41, 5.74) is 2.82. The van der Waals surface area contributed by atoms with Crippen LogP contribution in [0.5, 0.6) is 5.75 Å². The number of nitrogens with one attached hydrogen (secondary N) is 2. The molecular formula is C22H26N6O3. The zero-order chi connectivity index (χ0) is 21.6. The lowest BCUT2D eigenvalue weighted by Gasteiger charge is -2.09. The number of benzene rings is 1. The van der Waals surface area contributed by atoms with Gasteiger partial charge in [-0.1, -0.05) is 18.6 Å². The lowest BCUT2D eigenvalue weighted by atomic mass is 10.1. The Morgan fingerprint density at radius 3 is 2.77 bits per heavy atom. The van der Waals surface area contributed by atoms with Crippen LogP contribution in [0.25, 0.3) is 0 Å². The Morgan fingerprint density at radius 1 is 1.16 bits per heavy atom. The van der Waals surface area contributed by atoms with Crippen LogP contribution >= 0.6 is 0 Å². The number of nitrogens with zero attached hydrogens (tertiary/aromatic N) is 4. The van der Waals surface area contributed by atoms with Crippen molar-refractivity contribution in [3.63, 3.8) is 0 Å². The molecular weight excluding hydrogens is 396 g/mol. The van der Waals surface area contributed by atoms with Gasteiger partial charge in [-0.15, -0.1) is 5.10 Å². The molecule has 2 heterocycles. The van der Waals surface area contributed by atoms with E-state index < -0.39 is 0 Å². The van der Waals surface area contributed by atoms with E-state index in [0.717, 1.165) is 61.1 Å². The van der Waals surface area contributed by atoms with Gasteiger partial charge in [0.15, 0.2) is 0 Å². The number of amides is 1. The first kappa shape index (κ1) is 20.8. The lowest BCUT2D eigenvalue weighted by molar-refractivity contribution is -0.117. The van der Waals surface area contributed by atoms with Crippen molar-refractivity contribution < 1.29 is 9.53 Å². The van der Waals surface area contributed by atoms with Crippen LogP contribution in [0.3, 0.4) is 0 Å². The molecule has 0 radical (unpaired) electrons. The van der Waals surface area contributed by atoms with Crippen molar-refractivity contribution in [3.05, 3.63) is 63.3 Å². The summed E-state index contributed by atoms with van der Waals surface area (Å²) in [5, 5.41) is 13.9. The summed E-state index contributed by atoms with van der Waals surface area (Å²) in [6.45, 7) is -0.165. The van der Waals surface area contributed by atoms with Crippen molar-refractivity contribution in [2.24, 2.45) is 0 Å². The van der Waals surface area contributed by atoms with Gasteiger partial charge in [-0.3, -0.25) is 20.0 Å². The third-order valence-corrected chi connectivity index (χ3v) is 5.41. The Kier molecular flexibility index (Phi) is 6.40. The molecule has 0 bridgehead atoms. The Labute approximate surface area is 179 Å². The fraction of sp³-hybridized carbons (Fsp3) is 0.409. The number of ether oxygens (including phenoxy) is 1. The maximum absolute atomic E-state index is 12.4. The lowest BCUT2D eigenvalue weighted by Crippen LogP contribution is -2.31. The number of carbonyl (C=O) groups is 1. The first-order valence-corrected chi connectivity index (χ1v) is 10.5. The minimum absolute atomic E-state index is 0.165. The van der Waals surface area contributed by atoms with Crippen molar-refractivity contribution >= 4 is 11.9 Å². The molecule has 0 spiro atoms. The van der Waals surface area contributed by atoms with Gasteiger partial charge in [0.25, 0.3) is 5.56 Å². The van der Waals surface area contributed by atoms with Crippen molar-refractivity contribution in [2.75, 3.05) is 12.4 Å². The van der Waals surface area contributed by atoms with E-state index in [1.807, 2.05) is 24.3 Å². The zero-order valence-corrected chi connectivity index (χ0v) is 17.6. The van der Waals surface area contributed by atoms with Crippen LogP contribution in [-0.2, 0) is 37.0 Å². The number of aryl methyl sites for hydroxylation is 4. The quantitative estimate of drug-likeness (QED) is 0.563. The average Bonchev–Trinajstić information content (AvgIpc) is 3.09. The van der Waals surface area contributed by atoms with Gasteiger partial charge in [0.1, 0.15) is 18.1 Å². The van der Waals surface area contributed by atoms with Crippen molar-refractivity contribution in [2.45, 2.75) is 51.5 Å². The minimum atomic E-state index is -0.385. The molecule has 1 aliphatic carbocycles. The second-order valence-corrected chi connectivity index (χ2v) is 7.67. The molecule has 9 nitrogen and oxygen atoms in total. The van der Waals surface area contributed by atoms with E-state index in [1.54, 1.807) is 13.2 Å². The Hall–Kier alpha value is -3.49. The van der Waals surface area contributed by atoms with Gasteiger partial charge in [-0.25, -0.2) is 4.68 Å². The highest BCUT2D eigenvalue weighted by Crippen LogP contribution is 2.17. The maximum Gasteiger partial charge on any atom is 0.267 e. The summed E-state index contributed by atoms with van der Waals surface area (Å²) in [4.78, 5) is 29.0. The summed E-state index contributed by atoms with van der Waals surface area (Å²) in [6.07, 6.45) is 6.42. The first-order valence-electron chi connectivity index (χ1n) is 10.5. The van der Waals surface area contributed by atoms with Crippen LogP contribution < -0.4 is 15.6 Å². The summed E-state index contributed by atoms with van der Waals surface area (Å²) >= 11 is 0. The number of methoxy groups -OCH3 is 1. The first-order chi connectivity index (χ1) is 15.1. The third-order valence-electron chi connectivity index (χ3n) is 5.41. The topological polar surface area (TPSA) is 115 Å². The fourth-order valence-corrected chi connectivity index (χ4v) is 3.71. The maximum atomic E-state index is 12.4. The normalized spacial score (nSPS) is 13.3. The average molecular weight is 422 g/mol. The highest BCUT2D eigenvalue weighted by molar-refractivity contribution is 5.88. The molecule has 31 heavy (non-hydrogen) atoms. The third kappa shape index (κ3) is 5.36. The monoisotopic (exact) mass is 422 g/mol. The summed E-state index contributed by atoms with van der Waals surface area (Å²) < 4.78 is 6.38. The highest BCUT2D eigenvalue weighted by atomic mass is 16.5. The number of hydrogen-bond acceptors (Lipinski definition) is 6. The molecule has 0 saturated carbocycles.